The SMILES string of the molecule is Nc1c(Br)c[c]c(F)c1F. The minimum atomic E-state index is -1.06. The third-order valence-electron chi connectivity index (χ3n) is 1.01. The Morgan fingerprint density at radius 3 is 2.60 bits per heavy atom. The first-order chi connectivity index (χ1) is 4.63. The number of nitrogens with two attached hydrogens (primary N) is 1. The van der Waals surface area contributed by atoms with Gasteiger partial charge in [0.2, 0.25) is 0 Å². The molecule has 10 heavy (non-hydrogen) atoms. The molecule has 1 aromatic carbocycles. The fourth-order valence-electron chi connectivity index (χ4n) is 0.491. The summed E-state index contributed by atoms with van der Waals surface area (Å²) >= 11 is 2.92. The molecule has 0 aliphatic carbocycles. The average Bonchev–Trinajstić information content (AvgIpc) is 1.93. The van der Waals surface area contributed by atoms with Gasteiger partial charge in [0.1, 0.15) is 0 Å². The molecule has 1 aromatic rings. The number of hydrogen-bond donors (Lipinski definition) is 1. The van der Waals surface area contributed by atoms with Crippen LogP contribution in [0, 0.1) is 17.7 Å². The van der Waals surface area contributed by atoms with E-state index >= 15 is 0 Å². The van der Waals surface area contributed by atoms with Gasteiger partial charge in [-0.1, -0.05) is 0 Å². The van der Waals surface area contributed by atoms with E-state index in [1.807, 2.05) is 6.07 Å². The zero-order valence-electron chi connectivity index (χ0n) is 4.79. The Morgan fingerprint density at radius 2 is 2.10 bits per heavy atom. The van der Waals surface area contributed by atoms with Crippen molar-refractivity contribution in [2.24, 2.45) is 0 Å². The molecule has 0 saturated heterocycles. The zero-order chi connectivity index (χ0) is 7.72. The van der Waals surface area contributed by atoms with Crippen molar-refractivity contribution in [1.82, 2.24) is 0 Å². The lowest BCUT2D eigenvalue weighted by molar-refractivity contribution is 0.510. The summed E-state index contributed by atoms with van der Waals surface area (Å²) in [5, 5.41) is 0. The second-order valence-electron chi connectivity index (χ2n) is 1.68. The van der Waals surface area contributed by atoms with Crippen LogP contribution in [0.4, 0.5) is 14.5 Å². The largest absolute Gasteiger partial charge is 0.395 e. The maximum atomic E-state index is 12.4. The minimum Gasteiger partial charge on any atom is -0.395 e. The number of nitrogen functional groups attached to an aromatic ring is 1. The van der Waals surface area contributed by atoms with Crippen LogP contribution in [0.15, 0.2) is 10.5 Å². The molecule has 0 atom stereocenters. The van der Waals surface area contributed by atoms with E-state index < -0.39 is 11.6 Å². The Morgan fingerprint density at radius 1 is 1.50 bits per heavy atom. The highest BCUT2D eigenvalue weighted by Gasteiger charge is 2.07. The fourth-order valence-corrected chi connectivity index (χ4v) is 0.779. The van der Waals surface area contributed by atoms with Gasteiger partial charge < -0.3 is 5.73 Å². The van der Waals surface area contributed by atoms with Crippen molar-refractivity contribution in [2.45, 2.75) is 0 Å². The third-order valence-corrected chi connectivity index (χ3v) is 1.67. The molecule has 4 heteroatoms. The molecule has 53 valence electrons. The van der Waals surface area contributed by atoms with Crippen LogP contribution in [-0.2, 0) is 0 Å². The van der Waals surface area contributed by atoms with Crippen LogP contribution in [0.2, 0.25) is 0 Å². The Balaban J connectivity index is 3.34. The number of halogens is 3. The Bertz CT molecular complexity index is 235. The first-order valence-electron chi connectivity index (χ1n) is 2.43. The molecule has 2 N–H and O–H groups in total. The van der Waals surface area contributed by atoms with Crippen molar-refractivity contribution in [2.75, 3.05) is 5.73 Å². The number of benzene rings is 1. The van der Waals surface area contributed by atoms with Gasteiger partial charge in [-0.05, 0) is 22.0 Å². The molecule has 0 unspecified atom stereocenters. The quantitative estimate of drug-likeness (QED) is 0.511. The predicted octanol–water partition coefficient (Wildman–Crippen LogP) is 2.11. The van der Waals surface area contributed by atoms with E-state index in [9.17, 15) is 8.78 Å². The summed E-state index contributed by atoms with van der Waals surface area (Å²) < 4.78 is 25.0. The van der Waals surface area contributed by atoms with E-state index in [4.69, 9.17) is 5.73 Å². The lowest BCUT2D eigenvalue weighted by Gasteiger charge is -1.98. The van der Waals surface area contributed by atoms with Crippen LogP contribution in [0.3, 0.4) is 0 Å². The molecule has 1 rings (SSSR count). The highest BCUT2D eigenvalue weighted by molar-refractivity contribution is 9.10. The lowest BCUT2D eigenvalue weighted by atomic mass is 10.3. The van der Waals surface area contributed by atoms with Crippen LogP contribution in [-0.4, -0.2) is 0 Å². The predicted molar refractivity (Wildman–Crippen MR) is 37.3 cm³/mol. The number of hydrogen-bond acceptors (Lipinski definition) is 1. The van der Waals surface area contributed by atoms with Crippen LogP contribution >= 0.6 is 15.9 Å². The smallest absolute Gasteiger partial charge is 0.183 e. The molecule has 0 heterocycles. The van der Waals surface area contributed by atoms with Crippen molar-refractivity contribution in [1.29, 1.82) is 0 Å². The molecule has 1 nitrogen and oxygen atoms in total. The molecule has 0 aliphatic rings. The molecular formula is C6H3BrF2N. The van der Waals surface area contributed by atoms with Crippen LogP contribution < -0.4 is 5.73 Å². The summed E-state index contributed by atoms with van der Waals surface area (Å²) in [6, 6.07) is 3.27. The third kappa shape index (κ3) is 1.11. The van der Waals surface area contributed by atoms with E-state index in [1.54, 1.807) is 0 Å². The minimum absolute atomic E-state index is 0.226. The Labute approximate surface area is 65.0 Å². The van der Waals surface area contributed by atoms with Gasteiger partial charge in [0.05, 0.1) is 5.69 Å². The summed E-state index contributed by atoms with van der Waals surface area (Å²) in [5.74, 6) is -2.12. The summed E-state index contributed by atoms with van der Waals surface area (Å²) in [6.45, 7) is 0. The van der Waals surface area contributed by atoms with Crippen molar-refractivity contribution in [3.05, 3.63) is 28.2 Å². The Hall–Kier alpha value is -0.640. The number of rotatable bonds is 0. The second-order valence-corrected chi connectivity index (χ2v) is 2.53. The molecule has 0 bridgehead atoms. The van der Waals surface area contributed by atoms with E-state index in [0.29, 0.717) is 4.47 Å². The van der Waals surface area contributed by atoms with Gasteiger partial charge in [-0.25, -0.2) is 8.78 Å². The molecule has 0 aliphatic heterocycles. The maximum absolute atomic E-state index is 12.4. The topological polar surface area (TPSA) is 26.0 Å². The number of anilines is 1. The van der Waals surface area contributed by atoms with Crippen molar-refractivity contribution in [3.63, 3.8) is 0 Å². The molecule has 0 amide bonds. The summed E-state index contributed by atoms with van der Waals surface area (Å²) in [6.07, 6.45) is 0. The highest BCUT2D eigenvalue weighted by atomic mass is 79.9. The zero-order valence-corrected chi connectivity index (χ0v) is 6.37. The van der Waals surface area contributed by atoms with Gasteiger partial charge in [-0.2, -0.15) is 0 Å². The van der Waals surface area contributed by atoms with Gasteiger partial charge >= 0.3 is 0 Å². The van der Waals surface area contributed by atoms with Crippen LogP contribution in [0.5, 0.6) is 0 Å². The summed E-state index contributed by atoms with van der Waals surface area (Å²) in [7, 11) is 0. The Kier molecular flexibility index (Phi) is 1.89. The first-order valence-corrected chi connectivity index (χ1v) is 3.23. The summed E-state index contributed by atoms with van der Waals surface area (Å²) in [4.78, 5) is 0. The molecule has 0 aromatic heterocycles. The molecular weight excluding hydrogens is 204 g/mol. The van der Waals surface area contributed by atoms with Gasteiger partial charge in [0.15, 0.2) is 11.6 Å². The van der Waals surface area contributed by atoms with Crippen molar-refractivity contribution < 1.29 is 8.78 Å². The molecule has 0 fully saturated rings. The van der Waals surface area contributed by atoms with Gasteiger partial charge in [-0.15, -0.1) is 0 Å². The van der Waals surface area contributed by atoms with Crippen molar-refractivity contribution in [3.8, 4) is 0 Å². The van der Waals surface area contributed by atoms with Crippen LogP contribution in [0.1, 0.15) is 0 Å². The van der Waals surface area contributed by atoms with E-state index in [-0.39, 0.29) is 5.69 Å². The standard InChI is InChI=1S/C6H3BrF2N/c7-3-1-2-4(8)5(9)6(3)10/h1H,10H2. The molecule has 0 saturated carbocycles. The van der Waals surface area contributed by atoms with Gasteiger partial charge in [-0.3, -0.25) is 0 Å². The van der Waals surface area contributed by atoms with E-state index in [2.05, 4.69) is 15.9 Å². The van der Waals surface area contributed by atoms with E-state index in [1.165, 1.54) is 6.07 Å². The second kappa shape index (κ2) is 2.54. The van der Waals surface area contributed by atoms with E-state index in [0.717, 1.165) is 0 Å². The van der Waals surface area contributed by atoms with Crippen molar-refractivity contribution >= 4 is 21.6 Å². The first kappa shape index (κ1) is 7.47. The summed E-state index contributed by atoms with van der Waals surface area (Å²) in [5.41, 5.74) is 4.88. The fraction of sp³-hybridized carbons (Fsp3) is 0. The van der Waals surface area contributed by atoms with Gasteiger partial charge in [0.25, 0.3) is 0 Å². The average molecular weight is 207 g/mol. The molecule has 1 radical (unpaired) electrons. The maximum Gasteiger partial charge on any atom is 0.183 e. The highest BCUT2D eigenvalue weighted by Crippen LogP contribution is 2.23. The monoisotopic (exact) mass is 206 g/mol. The normalized spacial score (nSPS) is 9.90. The molecule has 0 spiro atoms. The lowest BCUT2D eigenvalue weighted by Crippen LogP contribution is -1.94. The van der Waals surface area contributed by atoms with Gasteiger partial charge in [0, 0.05) is 10.5 Å². The van der Waals surface area contributed by atoms with Crippen LogP contribution in [0.25, 0.3) is 0 Å².